The summed E-state index contributed by atoms with van der Waals surface area (Å²) < 4.78 is 0. The largest absolute Gasteiger partial charge is 0.288 e. The van der Waals surface area contributed by atoms with Crippen LogP contribution in [0, 0.1) is 0 Å². The quantitative estimate of drug-likeness (QED) is 0.134. The number of rotatable bonds is 2. The SMILES string of the molecule is O=C1C(=Cc2cc3c(s2)-c2sc4c(c2C32CCCCC2)C2(CCCCC2)c2cc(C=C3C(=O)c5ccccc5C3=O)sc2-4)C(=O)c2ccccc21. The van der Waals surface area contributed by atoms with Gasteiger partial charge in [0.2, 0.25) is 0 Å². The fourth-order valence-electron chi connectivity index (χ4n) is 10.4. The predicted octanol–water partition coefficient (Wildman–Crippen LogP) is 11.3. The molecule has 6 aliphatic rings. The van der Waals surface area contributed by atoms with E-state index in [9.17, 15) is 19.2 Å². The summed E-state index contributed by atoms with van der Waals surface area (Å²) in [5, 5.41) is 0. The molecule has 0 atom stereocenters. The maximum absolute atomic E-state index is 13.3. The van der Waals surface area contributed by atoms with Crippen LogP contribution in [-0.2, 0) is 10.8 Å². The maximum atomic E-state index is 13.3. The highest BCUT2D eigenvalue weighted by Crippen LogP contribution is 2.70. The number of Topliss-reactive ketones (excluding diaryl/α,β-unsaturated/α-hetero) is 4. The van der Waals surface area contributed by atoms with Crippen molar-refractivity contribution >= 4 is 69.3 Å². The van der Waals surface area contributed by atoms with Gasteiger partial charge in [0.1, 0.15) is 0 Å². The molecule has 0 bridgehead atoms. The number of fused-ring (bicyclic) bond motifs is 13. The zero-order valence-corrected chi connectivity index (χ0v) is 30.3. The lowest BCUT2D eigenvalue weighted by molar-refractivity contribution is 0.0975. The molecule has 0 radical (unpaired) electrons. The Bertz CT molecular complexity index is 2270. The van der Waals surface area contributed by atoms with Crippen molar-refractivity contribution in [2.24, 2.45) is 0 Å². The highest BCUT2D eigenvalue weighted by atomic mass is 32.1. The van der Waals surface area contributed by atoms with Gasteiger partial charge in [0, 0.05) is 62.3 Å². The molecular weight excluding hydrogens is 689 g/mol. The lowest BCUT2D eigenvalue weighted by Crippen LogP contribution is -2.34. The van der Waals surface area contributed by atoms with Gasteiger partial charge in [0.15, 0.2) is 23.1 Å². The molecule has 0 unspecified atom stereocenters. The molecule has 2 aromatic carbocycles. The molecule has 3 aromatic heterocycles. The zero-order chi connectivity index (χ0) is 34.2. The monoisotopic (exact) mass is 720 g/mol. The normalized spacial score (nSPS) is 20.2. The predicted molar refractivity (Wildman–Crippen MR) is 205 cm³/mol. The van der Waals surface area contributed by atoms with Crippen LogP contribution in [0.3, 0.4) is 0 Å². The van der Waals surface area contributed by atoms with Crippen molar-refractivity contribution < 1.29 is 19.2 Å². The van der Waals surface area contributed by atoms with Gasteiger partial charge in [-0.2, -0.15) is 0 Å². The van der Waals surface area contributed by atoms with E-state index in [0.29, 0.717) is 22.3 Å². The molecule has 0 N–H and O–H groups in total. The molecule has 3 heterocycles. The summed E-state index contributed by atoms with van der Waals surface area (Å²) in [6.45, 7) is 0. The highest BCUT2D eigenvalue weighted by molar-refractivity contribution is 7.27. The molecule has 0 aliphatic heterocycles. The number of carbonyl (C=O) groups is 4. The van der Waals surface area contributed by atoms with E-state index in [0.717, 1.165) is 35.4 Å². The molecule has 0 saturated heterocycles. The fourth-order valence-corrected chi connectivity index (χ4v) is 14.6. The van der Waals surface area contributed by atoms with Gasteiger partial charge in [0.05, 0.1) is 11.1 Å². The van der Waals surface area contributed by atoms with Crippen molar-refractivity contribution in [2.75, 3.05) is 0 Å². The molecule has 6 aliphatic carbocycles. The minimum absolute atomic E-state index is 0.0508. The van der Waals surface area contributed by atoms with Gasteiger partial charge in [-0.25, -0.2) is 0 Å². The molecule has 2 spiro atoms. The lowest BCUT2D eigenvalue weighted by Gasteiger charge is -2.41. The van der Waals surface area contributed by atoms with Crippen LogP contribution in [0.1, 0.15) is 138 Å². The number of carbonyl (C=O) groups excluding carboxylic acids is 4. The summed E-state index contributed by atoms with van der Waals surface area (Å²) in [7, 11) is 0. The Kier molecular flexibility index (Phi) is 6.32. The number of hydrogen-bond acceptors (Lipinski definition) is 7. The first-order chi connectivity index (χ1) is 24.9. The highest BCUT2D eigenvalue weighted by Gasteiger charge is 2.56. The second kappa shape index (κ2) is 10.6. The van der Waals surface area contributed by atoms with Crippen LogP contribution in [0.2, 0.25) is 0 Å². The van der Waals surface area contributed by atoms with Gasteiger partial charge in [-0.1, -0.05) is 87.1 Å². The molecule has 2 fully saturated rings. The standard InChI is InChI=1S/C44H32O4S3/c45-35-25-11-3-4-12-26(25)36(46)29(35)19-23-21-31-39(49-23)41-33(43(31)15-7-1-8-16-43)34-42(51-41)40-32(44(34)17-9-2-10-18-44)22-24(50-40)20-30-37(47)27-13-5-6-14-28(27)38(30)48/h3-6,11-14,19-22H,1-2,7-10,15-18H2. The first-order valence-corrected chi connectivity index (χ1v) is 20.6. The van der Waals surface area contributed by atoms with Crippen LogP contribution >= 0.6 is 34.0 Å². The molecule has 5 aromatic rings. The zero-order valence-electron chi connectivity index (χ0n) is 27.9. The maximum Gasteiger partial charge on any atom is 0.197 e. The summed E-state index contributed by atoms with van der Waals surface area (Å²) in [6.07, 6.45) is 15.5. The van der Waals surface area contributed by atoms with E-state index < -0.39 is 0 Å². The number of hydrogen-bond donors (Lipinski definition) is 0. The Morgan fingerprint density at radius 2 is 0.804 bits per heavy atom. The molecule has 2 saturated carbocycles. The van der Waals surface area contributed by atoms with Gasteiger partial charge in [-0.15, -0.1) is 34.0 Å². The summed E-state index contributed by atoms with van der Waals surface area (Å²) in [5.74, 6) is -0.695. The van der Waals surface area contributed by atoms with E-state index in [4.69, 9.17) is 0 Å². The Balaban J connectivity index is 1.07. The average molecular weight is 721 g/mol. The number of thiophene rings is 3. The van der Waals surface area contributed by atoms with Gasteiger partial charge in [-0.3, -0.25) is 19.2 Å². The second-order valence-electron chi connectivity index (χ2n) is 15.1. The van der Waals surface area contributed by atoms with E-state index in [2.05, 4.69) is 12.1 Å². The molecule has 51 heavy (non-hydrogen) atoms. The Labute approximate surface area is 307 Å². The molecule has 0 amide bonds. The summed E-state index contributed by atoms with van der Waals surface area (Å²) >= 11 is 5.43. The molecule has 11 rings (SSSR count). The average Bonchev–Trinajstić information content (AvgIpc) is 4.01. The van der Waals surface area contributed by atoms with Crippen molar-refractivity contribution in [3.8, 4) is 19.5 Å². The van der Waals surface area contributed by atoms with Crippen LogP contribution < -0.4 is 0 Å². The smallest absolute Gasteiger partial charge is 0.197 e. The minimum atomic E-state index is -0.174. The number of benzene rings is 2. The van der Waals surface area contributed by atoms with E-state index in [1.54, 1.807) is 58.1 Å². The van der Waals surface area contributed by atoms with Gasteiger partial charge >= 0.3 is 0 Å². The summed E-state index contributed by atoms with van der Waals surface area (Å²) in [4.78, 5) is 60.8. The Hall–Kier alpha value is -4.30. The van der Waals surface area contributed by atoms with Crippen LogP contribution in [0.5, 0.6) is 0 Å². The van der Waals surface area contributed by atoms with Crippen LogP contribution in [0.4, 0.5) is 0 Å². The summed E-state index contributed by atoms with van der Waals surface area (Å²) in [6, 6.07) is 18.9. The number of ketones is 4. The Morgan fingerprint density at radius 3 is 1.16 bits per heavy atom. The second-order valence-corrected chi connectivity index (χ2v) is 18.3. The van der Waals surface area contributed by atoms with Crippen LogP contribution in [0.15, 0.2) is 71.8 Å². The van der Waals surface area contributed by atoms with Gasteiger partial charge in [0.25, 0.3) is 0 Å². The third-order valence-corrected chi connectivity index (χ3v) is 16.3. The molecule has 7 heteroatoms. The van der Waals surface area contributed by atoms with E-state index in [-0.39, 0.29) is 45.1 Å². The topological polar surface area (TPSA) is 68.3 Å². The van der Waals surface area contributed by atoms with Crippen molar-refractivity contribution in [1.29, 1.82) is 0 Å². The molecule has 4 nitrogen and oxygen atoms in total. The Morgan fingerprint density at radius 1 is 0.451 bits per heavy atom. The van der Waals surface area contributed by atoms with Gasteiger partial charge < -0.3 is 0 Å². The van der Waals surface area contributed by atoms with E-state index in [1.165, 1.54) is 69.2 Å². The van der Waals surface area contributed by atoms with Crippen molar-refractivity contribution in [1.82, 2.24) is 0 Å². The van der Waals surface area contributed by atoms with Crippen LogP contribution in [0.25, 0.3) is 31.7 Å². The molecule has 250 valence electrons. The van der Waals surface area contributed by atoms with Crippen molar-refractivity contribution in [2.45, 2.75) is 75.0 Å². The third kappa shape index (κ3) is 3.89. The van der Waals surface area contributed by atoms with Crippen molar-refractivity contribution in [3.63, 3.8) is 0 Å². The van der Waals surface area contributed by atoms with E-state index in [1.807, 2.05) is 47.8 Å². The first-order valence-electron chi connectivity index (χ1n) is 18.2. The van der Waals surface area contributed by atoms with Gasteiger partial charge in [-0.05, 0) is 72.2 Å². The minimum Gasteiger partial charge on any atom is -0.288 e. The van der Waals surface area contributed by atoms with E-state index >= 15 is 0 Å². The fraction of sp³-hybridized carbons (Fsp3) is 0.273. The molecular formula is C44H32O4S3. The first kappa shape index (κ1) is 30.3. The van der Waals surface area contributed by atoms with Crippen LogP contribution in [-0.4, -0.2) is 23.1 Å². The number of allylic oxidation sites excluding steroid dienone is 2. The lowest BCUT2D eigenvalue weighted by atomic mass is 9.61. The van der Waals surface area contributed by atoms with Crippen molar-refractivity contribution in [3.05, 3.63) is 126 Å². The summed E-state index contributed by atoms with van der Waals surface area (Å²) in [5.41, 5.74) is 8.42. The third-order valence-electron chi connectivity index (χ3n) is 12.6.